The first-order valence-electron chi connectivity index (χ1n) is 15.6. The van der Waals surface area contributed by atoms with E-state index in [1.54, 1.807) is 0 Å². The van der Waals surface area contributed by atoms with Crippen LogP contribution in [0.3, 0.4) is 0 Å². The number of rotatable bonds is 29. The first-order valence-corrected chi connectivity index (χ1v) is 15.6. The molecule has 0 radical (unpaired) electrons. The van der Waals surface area contributed by atoms with E-state index in [1.807, 2.05) is 0 Å². The van der Waals surface area contributed by atoms with Gasteiger partial charge in [0.2, 0.25) is 0 Å². The van der Waals surface area contributed by atoms with Gasteiger partial charge in [-0.3, -0.25) is 0 Å². The Bertz CT molecular complexity index is 379. The number of carbonyl (C=O) groups excluding carboxylic acids is 1. The van der Waals surface area contributed by atoms with Gasteiger partial charge in [-0.25, -0.2) is 0 Å². The minimum atomic E-state index is -0.901. The van der Waals surface area contributed by atoms with E-state index < -0.39 is 5.97 Å². The van der Waals surface area contributed by atoms with Gasteiger partial charge >= 0.3 is 51.4 Å². The van der Waals surface area contributed by atoms with Crippen LogP contribution in [-0.2, 0) is 4.79 Å². The maximum Gasteiger partial charge on any atom is 1.00 e. The van der Waals surface area contributed by atoms with Gasteiger partial charge in [0.1, 0.15) is 0 Å². The summed E-state index contributed by atoms with van der Waals surface area (Å²) in [7, 11) is 0. The quantitative estimate of drug-likeness (QED) is 0.0922. The molecule has 0 aromatic heterocycles. The van der Waals surface area contributed by atoms with E-state index in [4.69, 9.17) is 0 Å². The van der Waals surface area contributed by atoms with Crippen LogP contribution in [0.4, 0.5) is 0 Å². The van der Waals surface area contributed by atoms with E-state index in [9.17, 15) is 9.90 Å². The van der Waals surface area contributed by atoms with Crippen LogP contribution in [0.25, 0.3) is 0 Å². The van der Waals surface area contributed by atoms with Gasteiger partial charge < -0.3 is 14.8 Å². The zero-order valence-electron chi connectivity index (χ0n) is 24.6. The SMILES string of the molecule is CCCCCCCCCCCCCN(CCCCCCCCCCCCC)CCCCC(=O)[O-].[K+]. The molecule has 0 spiro atoms. The minimum absolute atomic E-state index is 0. The Morgan fingerprint density at radius 2 is 0.714 bits per heavy atom. The fourth-order valence-corrected chi connectivity index (χ4v) is 4.94. The fourth-order valence-electron chi connectivity index (χ4n) is 4.94. The van der Waals surface area contributed by atoms with Crippen molar-refractivity contribution >= 4 is 5.97 Å². The Hall–Kier alpha value is 1.07. The summed E-state index contributed by atoms with van der Waals surface area (Å²) in [6.07, 6.45) is 32.6. The van der Waals surface area contributed by atoms with Crippen LogP contribution in [0.5, 0.6) is 0 Å². The first-order chi connectivity index (χ1) is 16.7. The summed E-state index contributed by atoms with van der Waals surface area (Å²) in [6, 6.07) is 0. The second kappa shape index (κ2) is 33.1. The summed E-state index contributed by atoms with van der Waals surface area (Å²) in [5, 5.41) is 10.7. The molecule has 0 atom stereocenters. The number of carboxylic acids is 1. The van der Waals surface area contributed by atoms with Crippen molar-refractivity contribution in [3.05, 3.63) is 0 Å². The van der Waals surface area contributed by atoms with Crippen LogP contribution >= 0.6 is 0 Å². The van der Waals surface area contributed by atoms with Crippen LogP contribution in [0.15, 0.2) is 0 Å². The fraction of sp³-hybridized carbons (Fsp3) is 0.968. The van der Waals surface area contributed by atoms with Gasteiger partial charge in [-0.1, -0.05) is 142 Å². The van der Waals surface area contributed by atoms with Gasteiger partial charge in [0.15, 0.2) is 0 Å². The molecular weight excluding hydrogens is 457 g/mol. The van der Waals surface area contributed by atoms with Crippen molar-refractivity contribution in [2.75, 3.05) is 19.6 Å². The zero-order valence-corrected chi connectivity index (χ0v) is 27.7. The normalized spacial score (nSPS) is 11.2. The van der Waals surface area contributed by atoms with Gasteiger partial charge in [-0.05, 0) is 51.7 Å². The second-order valence-corrected chi connectivity index (χ2v) is 10.7. The summed E-state index contributed by atoms with van der Waals surface area (Å²) in [5.41, 5.74) is 0. The zero-order chi connectivity index (χ0) is 25.0. The summed E-state index contributed by atoms with van der Waals surface area (Å²) >= 11 is 0. The third kappa shape index (κ3) is 33.0. The number of unbranched alkanes of at least 4 members (excludes halogenated alkanes) is 21. The molecule has 4 heteroatoms. The summed E-state index contributed by atoms with van der Waals surface area (Å²) in [6.45, 7) is 8.02. The van der Waals surface area contributed by atoms with E-state index in [0.29, 0.717) is 0 Å². The molecule has 0 amide bonds. The third-order valence-electron chi connectivity index (χ3n) is 7.26. The van der Waals surface area contributed by atoms with Crippen LogP contribution < -0.4 is 56.5 Å². The number of aliphatic carboxylic acids is 1. The van der Waals surface area contributed by atoms with Crippen LogP contribution in [0, 0.1) is 0 Å². The van der Waals surface area contributed by atoms with Gasteiger partial charge in [-0.15, -0.1) is 0 Å². The van der Waals surface area contributed by atoms with Crippen LogP contribution in [0.2, 0.25) is 0 Å². The number of carbonyl (C=O) groups is 1. The van der Waals surface area contributed by atoms with Crippen molar-refractivity contribution in [1.29, 1.82) is 0 Å². The van der Waals surface area contributed by atoms with Crippen molar-refractivity contribution in [2.45, 2.75) is 174 Å². The van der Waals surface area contributed by atoms with Crippen molar-refractivity contribution < 1.29 is 61.3 Å². The molecule has 0 aliphatic rings. The average Bonchev–Trinajstić information content (AvgIpc) is 2.82. The van der Waals surface area contributed by atoms with E-state index in [1.165, 1.54) is 154 Å². The maximum atomic E-state index is 10.7. The Morgan fingerprint density at radius 3 is 1.00 bits per heavy atom. The molecule has 204 valence electrons. The van der Waals surface area contributed by atoms with E-state index in [0.717, 1.165) is 19.4 Å². The van der Waals surface area contributed by atoms with E-state index in [2.05, 4.69) is 18.7 Å². The number of hydrogen-bond acceptors (Lipinski definition) is 3. The number of nitrogens with zero attached hydrogens (tertiary/aromatic N) is 1. The van der Waals surface area contributed by atoms with Crippen LogP contribution in [0.1, 0.15) is 174 Å². The van der Waals surface area contributed by atoms with E-state index >= 15 is 0 Å². The average molecular weight is 520 g/mol. The minimum Gasteiger partial charge on any atom is -0.550 e. The Morgan fingerprint density at radius 1 is 0.457 bits per heavy atom. The van der Waals surface area contributed by atoms with Crippen molar-refractivity contribution in [3.63, 3.8) is 0 Å². The summed E-state index contributed by atoms with van der Waals surface area (Å²) in [4.78, 5) is 13.3. The maximum absolute atomic E-state index is 10.7. The molecule has 0 aromatic rings. The standard InChI is InChI=1S/C31H63NO2.K/c1-3-5-7-9-11-13-15-17-19-21-24-28-32(30-26-23-27-31(33)34)29-25-22-20-18-16-14-12-10-8-6-4-2;/h3-30H2,1-2H3,(H,33,34);/q;+1/p-1. The van der Waals surface area contributed by atoms with Crippen molar-refractivity contribution in [1.82, 2.24) is 4.90 Å². The molecule has 0 unspecified atom stereocenters. The molecular formula is C31H62KNO2. The second-order valence-electron chi connectivity index (χ2n) is 10.7. The molecule has 0 aliphatic heterocycles. The first kappa shape index (κ1) is 38.2. The van der Waals surface area contributed by atoms with Gasteiger partial charge in [0.05, 0.1) is 0 Å². The Labute approximate surface area is 263 Å². The molecule has 0 saturated heterocycles. The topological polar surface area (TPSA) is 43.4 Å². The molecule has 0 bridgehead atoms. The van der Waals surface area contributed by atoms with Gasteiger partial charge in [0.25, 0.3) is 0 Å². The molecule has 0 aromatic carbocycles. The molecule has 0 N–H and O–H groups in total. The molecule has 0 fully saturated rings. The molecule has 0 aliphatic carbocycles. The molecule has 0 saturated carbocycles. The monoisotopic (exact) mass is 519 g/mol. The van der Waals surface area contributed by atoms with Gasteiger partial charge in [-0.2, -0.15) is 0 Å². The molecule has 3 nitrogen and oxygen atoms in total. The van der Waals surface area contributed by atoms with Crippen molar-refractivity contribution in [3.8, 4) is 0 Å². The summed E-state index contributed by atoms with van der Waals surface area (Å²) in [5.74, 6) is -0.901. The van der Waals surface area contributed by atoms with E-state index in [-0.39, 0.29) is 57.8 Å². The smallest absolute Gasteiger partial charge is 0.550 e. The molecule has 0 heterocycles. The largest absolute Gasteiger partial charge is 1.00 e. The number of hydrogen-bond donors (Lipinski definition) is 0. The number of carboxylic acid groups (broad SMARTS) is 1. The molecule has 35 heavy (non-hydrogen) atoms. The summed E-state index contributed by atoms with van der Waals surface area (Å²) < 4.78 is 0. The predicted molar refractivity (Wildman–Crippen MR) is 148 cm³/mol. The van der Waals surface area contributed by atoms with Crippen LogP contribution in [-0.4, -0.2) is 30.5 Å². The van der Waals surface area contributed by atoms with Crippen molar-refractivity contribution in [2.24, 2.45) is 0 Å². The molecule has 0 rings (SSSR count). The predicted octanol–water partition coefficient (Wildman–Crippen LogP) is 5.83. The van der Waals surface area contributed by atoms with Gasteiger partial charge in [0, 0.05) is 5.97 Å². The third-order valence-corrected chi connectivity index (χ3v) is 7.26. The Balaban J connectivity index is 0. The Kier molecular flexibility index (Phi) is 36.1.